The third-order valence-electron chi connectivity index (χ3n) is 7.07. The lowest BCUT2D eigenvalue weighted by Gasteiger charge is -2.08. The fourth-order valence-electron chi connectivity index (χ4n) is 5.25. The van der Waals surface area contributed by atoms with E-state index < -0.39 is 0 Å². The van der Waals surface area contributed by atoms with E-state index in [-0.39, 0.29) is 0 Å². The topological polar surface area (TPSA) is 0 Å². The summed E-state index contributed by atoms with van der Waals surface area (Å²) >= 11 is 8.23. The summed E-state index contributed by atoms with van der Waals surface area (Å²) in [5.41, 5.74) is 6.24. The van der Waals surface area contributed by atoms with Gasteiger partial charge in [-0.2, -0.15) is 0 Å². The molecule has 0 spiro atoms. The summed E-state index contributed by atoms with van der Waals surface area (Å²) in [5.74, 6) is 3.30. The Labute approximate surface area is 235 Å². The molecule has 0 radical (unpaired) electrons. The molecule has 36 heavy (non-hydrogen) atoms. The van der Waals surface area contributed by atoms with E-state index in [4.69, 9.17) is 0 Å². The van der Waals surface area contributed by atoms with Crippen LogP contribution in [0, 0.1) is 0 Å². The lowest BCUT2D eigenvalue weighted by Crippen LogP contribution is -1.92. The number of thiophene rings is 4. The first-order valence-corrected chi connectivity index (χ1v) is 17.0. The van der Waals surface area contributed by atoms with Crippen LogP contribution in [0.25, 0.3) is 28.9 Å². The van der Waals surface area contributed by atoms with Gasteiger partial charge in [0.05, 0.1) is 9.40 Å². The molecule has 0 aromatic carbocycles. The molecule has 4 rings (SSSR count). The summed E-state index contributed by atoms with van der Waals surface area (Å²) in [6, 6.07) is 5.04. The minimum absolute atomic E-state index is 0.508. The highest BCUT2D eigenvalue weighted by Gasteiger charge is 2.28. The van der Waals surface area contributed by atoms with E-state index in [1.54, 1.807) is 41.4 Å². The van der Waals surface area contributed by atoms with Crippen molar-refractivity contribution in [2.45, 2.75) is 119 Å². The molecular formula is C32H44S4. The van der Waals surface area contributed by atoms with Gasteiger partial charge in [-0.05, 0) is 69.9 Å². The molecule has 4 aromatic heterocycles. The van der Waals surface area contributed by atoms with E-state index in [0.717, 1.165) is 0 Å². The van der Waals surface area contributed by atoms with Crippen molar-refractivity contribution in [1.82, 2.24) is 0 Å². The Morgan fingerprint density at radius 3 is 0.972 bits per heavy atom. The Bertz CT molecular complexity index is 1190. The average Bonchev–Trinajstić information content (AvgIpc) is 3.51. The molecule has 0 saturated heterocycles. The molecule has 0 amide bonds. The SMILES string of the molecule is CC(C)c1cc(-c2sc3c(C(C)C)c(-c4cc(C(C)C)c(C(C)C)s4)sc3c2C(C)C)sc1C(C)C. The van der Waals surface area contributed by atoms with E-state index >= 15 is 0 Å². The molecule has 0 nitrogen and oxygen atoms in total. The highest BCUT2D eigenvalue weighted by Crippen LogP contribution is 2.55. The third kappa shape index (κ3) is 4.93. The predicted octanol–water partition coefficient (Wildman–Crippen LogP) is 13.2. The molecule has 0 saturated carbocycles. The van der Waals surface area contributed by atoms with Crippen LogP contribution in [0.3, 0.4) is 0 Å². The smallest absolute Gasteiger partial charge is 0.0501 e. The number of hydrogen-bond acceptors (Lipinski definition) is 4. The normalized spacial score (nSPS) is 12.8. The molecule has 0 aliphatic heterocycles. The van der Waals surface area contributed by atoms with Crippen molar-refractivity contribution in [3.63, 3.8) is 0 Å². The van der Waals surface area contributed by atoms with Crippen molar-refractivity contribution in [2.75, 3.05) is 0 Å². The molecule has 4 heteroatoms. The second-order valence-electron chi connectivity index (χ2n) is 12.1. The van der Waals surface area contributed by atoms with Gasteiger partial charge in [0.2, 0.25) is 0 Å². The van der Waals surface area contributed by atoms with E-state index in [1.807, 2.05) is 22.7 Å². The van der Waals surface area contributed by atoms with Gasteiger partial charge in [-0.25, -0.2) is 0 Å². The van der Waals surface area contributed by atoms with E-state index in [1.165, 1.54) is 19.5 Å². The summed E-state index contributed by atoms with van der Waals surface area (Å²) in [7, 11) is 0. The van der Waals surface area contributed by atoms with Crippen LogP contribution in [-0.4, -0.2) is 0 Å². The fraction of sp³-hybridized carbons (Fsp3) is 0.562. The summed E-state index contributed by atoms with van der Waals surface area (Å²) in [5, 5.41) is 0. The number of hydrogen-bond donors (Lipinski definition) is 0. The Balaban J connectivity index is 1.98. The molecule has 4 aromatic rings. The molecule has 0 N–H and O–H groups in total. The molecule has 4 heterocycles. The quantitative estimate of drug-likeness (QED) is 0.202. The molecular weight excluding hydrogens is 513 g/mol. The first kappa shape index (κ1) is 28.1. The van der Waals surface area contributed by atoms with Crippen LogP contribution < -0.4 is 0 Å². The zero-order valence-electron chi connectivity index (χ0n) is 24.3. The standard InChI is InChI=1S/C32H44S4/c1-15(2)21-13-23(33-27(21)19(9)10)29-25(17(5)6)31-32(35-29)26(18(7)8)30(36-31)24-14-22(16(3)4)28(34-24)20(11)12/h13-20H,1-12H3. The van der Waals surface area contributed by atoms with Crippen LogP contribution >= 0.6 is 45.3 Å². The first-order chi connectivity index (χ1) is 16.8. The van der Waals surface area contributed by atoms with Crippen LogP contribution in [0.2, 0.25) is 0 Å². The zero-order chi connectivity index (χ0) is 26.6. The van der Waals surface area contributed by atoms with Gasteiger partial charge in [-0.1, -0.05) is 83.1 Å². The van der Waals surface area contributed by atoms with Crippen molar-refractivity contribution in [3.8, 4) is 19.5 Å². The third-order valence-corrected chi connectivity index (χ3v) is 12.9. The van der Waals surface area contributed by atoms with Crippen molar-refractivity contribution in [2.24, 2.45) is 0 Å². The second-order valence-corrected chi connectivity index (χ2v) is 16.3. The number of rotatable bonds is 8. The van der Waals surface area contributed by atoms with Gasteiger partial charge in [-0.15, -0.1) is 45.3 Å². The molecule has 0 atom stereocenters. The zero-order valence-corrected chi connectivity index (χ0v) is 27.5. The van der Waals surface area contributed by atoms with Gasteiger partial charge in [0.25, 0.3) is 0 Å². The van der Waals surface area contributed by atoms with Crippen LogP contribution in [0.15, 0.2) is 12.1 Å². The van der Waals surface area contributed by atoms with Crippen molar-refractivity contribution < 1.29 is 0 Å². The summed E-state index contributed by atoms with van der Waals surface area (Å²) in [4.78, 5) is 9.15. The Morgan fingerprint density at radius 1 is 0.417 bits per heavy atom. The Hall–Kier alpha value is -0.940. The molecule has 0 unspecified atom stereocenters. The predicted molar refractivity (Wildman–Crippen MR) is 171 cm³/mol. The first-order valence-electron chi connectivity index (χ1n) is 13.7. The van der Waals surface area contributed by atoms with Crippen molar-refractivity contribution in [1.29, 1.82) is 0 Å². The van der Waals surface area contributed by atoms with Crippen LogP contribution in [0.1, 0.15) is 151 Å². The van der Waals surface area contributed by atoms with Gasteiger partial charge < -0.3 is 0 Å². The second kappa shape index (κ2) is 10.7. The minimum Gasteiger partial charge on any atom is -0.139 e. The maximum Gasteiger partial charge on any atom is 0.0501 e. The largest absolute Gasteiger partial charge is 0.139 e. The number of fused-ring (bicyclic) bond motifs is 1. The van der Waals surface area contributed by atoms with Crippen LogP contribution in [0.4, 0.5) is 0 Å². The van der Waals surface area contributed by atoms with Gasteiger partial charge in [0.15, 0.2) is 0 Å². The fourth-order valence-corrected chi connectivity index (χ4v) is 11.6. The highest BCUT2D eigenvalue weighted by molar-refractivity contribution is 7.34. The van der Waals surface area contributed by atoms with Crippen molar-refractivity contribution in [3.05, 3.63) is 44.1 Å². The lowest BCUT2D eigenvalue weighted by molar-refractivity contribution is 0.810. The molecule has 0 aliphatic rings. The van der Waals surface area contributed by atoms with E-state index in [0.29, 0.717) is 35.5 Å². The Morgan fingerprint density at radius 2 is 0.750 bits per heavy atom. The Kier molecular flexibility index (Phi) is 8.32. The van der Waals surface area contributed by atoms with Gasteiger partial charge >= 0.3 is 0 Å². The molecule has 0 bridgehead atoms. The summed E-state index contributed by atoms with van der Waals surface area (Å²) < 4.78 is 3.08. The highest BCUT2D eigenvalue weighted by atomic mass is 32.1. The van der Waals surface area contributed by atoms with E-state index in [2.05, 4.69) is 118 Å². The maximum atomic E-state index is 2.52. The summed E-state index contributed by atoms with van der Waals surface area (Å²) in [6.07, 6.45) is 0. The monoisotopic (exact) mass is 556 g/mol. The van der Waals surface area contributed by atoms with Gasteiger partial charge in [0, 0.05) is 29.3 Å². The lowest BCUT2D eigenvalue weighted by atomic mass is 9.97. The van der Waals surface area contributed by atoms with Gasteiger partial charge in [-0.3, -0.25) is 0 Å². The minimum atomic E-state index is 0.508. The van der Waals surface area contributed by atoms with Crippen LogP contribution in [-0.2, 0) is 0 Å². The average molecular weight is 557 g/mol. The van der Waals surface area contributed by atoms with Gasteiger partial charge in [0.1, 0.15) is 0 Å². The molecule has 0 fully saturated rings. The maximum absolute atomic E-state index is 2.52. The van der Waals surface area contributed by atoms with Crippen molar-refractivity contribution >= 4 is 54.7 Å². The van der Waals surface area contributed by atoms with Crippen LogP contribution in [0.5, 0.6) is 0 Å². The molecule has 196 valence electrons. The molecule has 0 aliphatic carbocycles. The van der Waals surface area contributed by atoms with E-state index in [9.17, 15) is 0 Å². The summed E-state index contributed by atoms with van der Waals surface area (Å²) in [6.45, 7) is 28.3.